The zero-order valence-corrected chi connectivity index (χ0v) is 72.6. The van der Waals surface area contributed by atoms with E-state index in [1.165, 1.54) is 44.4 Å². The number of para-hydroxylation sites is 3. The normalized spacial score (nSPS) is 13.9. The molecule has 0 aliphatic heterocycles. The summed E-state index contributed by atoms with van der Waals surface area (Å²) in [4.78, 5) is 0. The summed E-state index contributed by atoms with van der Waals surface area (Å²) < 4.78 is 323. The van der Waals surface area contributed by atoms with Crippen LogP contribution in [0.15, 0.2) is 462 Å². The Morgan fingerprint density at radius 3 is 1.08 bits per heavy atom. The Morgan fingerprint density at radius 2 is 0.558 bits per heavy atom. The van der Waals surface area contributed by atoms with Crippen LogP contribution in [0.2, 0.25) is 0 Å². The van der Waals surface area contributed by atoms with Crippen LogP contribution in [0.3, 0.4) is 0 Å². The molecule has 129 heavy (non-hydrogen) atoms. The molecule has 3 aromatic heterocycles. The highest BCUT2D eigenvalue weighted by atomic mass is 16.3. The minimum absolute atomic E-state index is 0.00409. The van der Waals surface area contributed by atoms with Crippen molar-refractivity contribution in [2.75, 3.05) is 0 Å². The third-order valence-corrected chi connectivity index (χ3v) is 23.4. The highest BCUT2D eigenvalue weighted by Crippen LogP contribution is 2.52. The van der Waals surface area contributed by atoms with Crippen molar-refractivity contribution in [2.45, 2.75) is 58.3 Å². The molecule has 25 rings (SSSR count). The fourth-order valence-electron chi connectivity index (χ4n) is 18.2. The lowest BCUT2D eigenvalue weighted by Gasteiger charge is -2.18. The second-order valence-corrected chi connectivity index (χ2v) is 30.1. The van der Waals surface area contributed by atoms with Gasteiger partial charge in [-0.15, -0.1) is 0 Å². The Kier molecular flexibility index (Phi) is 15.3. The Balaban J connectivity index is 0.000000480. The van der Waals surface area contributed by atoms with Gasteiger partial charge >= 0.3 is 0 Å². The molecule has 0 fully saturated rings. The molecule has 650 valence electrons. The summed E-state index contributed by atoms with van der Waals surface area (Å²) in [7, 11) is 7.50. The number of rotatable bonds is 9. The molecule has 0 unspecified atom stereocenters. The molecule has 22 aromatic carbocycles. The number of furan rings is 3. The largest absolute Gasteiger partial charge is 0.455 e. The van der Waals surface area contributed by atoms with Gasteiger partial charge in [-0.2, -0.15) is 0 Å². The third kappa shape index (κ3) is 15.1. The number of hydrogen-bond donors (Lipinski definition) is 0. The van der Waals surface area contributed by atoms with Crippen LogP contribution in [0.1, 0.15) is 125 Å². The van der Waals surface area contributed by atoms with Gasteiger partial charge in [-0.3, -0.25) is 0 Å². The van der Waals surface area contributed by atoms with Crippen LogP contribution in [0.5, 0.6) is 0 Å². The average molecular weight is 1740 g/mol. The molecule has 0 radical (unpaired) electrons. The van der Waals surface area contributed by atoms with Crippen molar-refractivity contribution in [3.8, 4) is 100 Å². The molecule has 3 heterocycles. The smallest absolute Gasteiger partial charge is 0.143 e. The second kappa shape index (κ2) is 37.1. The van der Waals surface area contributed by atoms with E-state index in [0.717, 1.165) is 148 Å². The maximum atomic E-state index is 9.59. The fourth-order valence-corrected chi connectivity index (χ4v) is 18.2. The molecule has 3 heteroatoms. The van der Waals surface area contributed by atoms with Crippen molar-refractivity contribution in [1.82, 2.24) is 0 Å². The van der Waals surface area contributed by atoms with E-state index in [2.05, 4.69) is 66.7 Å². The Bertz CT molecular complexity index is 9410. The predicted molar refractivity (Wildman–Crippen MR) is 590 cm³/mol. The predicted octanol–water partition coefficient (Wildman–Crippen LogP) is 41.6. The van der Waals surface area contributed by atoms with Gasteiger partial charge < -0.3 is 13.3 Å². The Labute approximate surface area is 826 Å². The lowest BCUT2D eigenvalue weighted by molar-refractivity contribution is 0.669. The Hall–Kier alpha value is -15.9. The first kappa shape index (κ1) is 53.4. The van der Waals surface area contributed by atoms with Gasteiger partial charge in [0.25, 0.3) is 0 Å². The summed E-state index contributed by atoms with van der Waals surface area (Å²) in [6.45, 7) is 4.00. The van der Waals surface area contributed by atoms with Crippen LogP contribution in [0.4, 0.5) is 0 Å². The minimum atomic E-state index is -0.477. The van der Waals surface area contributed by atoms with E-state index in [4.69, 9.17) is 74.9 Å². The van der Waals surface area contributed by atoms with E-state index < -0.39 is 18.1 Å². The number of hydrogen-bond acceptors (Lipinski definition) is 3. The van der Waals surface area contributed by atoms with Crippen molar-refractivity contribution in [3.05, 3.63) is 449 Å². The maximum Gasteiger partial charge on any atom is 0.143 e. The first-order valence-electron chi connectivity index (χ1n) is 67.6. The van der Waals surface area contributed by atoms with E-state index in [9.17, 15) is 5.48 Å². The molecule has 3 nitrogen and oxygen atoms in total. The summed E-state index contributed by atoms with van der Waals surface area (Å²) in [5.41, 5.74) is 16.8. The van der Waals surface area contributed by atoms with Crippen LogP contribution < -0.4 is 0 Å². The van der Waals surface area contributed by atoms with Crippen molar-refractivity contribution in [3.63, 3.8) is 0 Å². The lowest BCUT2D eigenvalue weighted by Crippen LogP contribution is -1.91. The molecular formula is C126H128O3. The maximum absolute atomic E-state index is 9.59. The van der Waals surface area contributed by atoms with E-state index >= 15 is 0 Å². The molecule has 0 amide bonds. The molecule has 0 bridgehead atoms. The van der Waals surface area contributed by atoms with Gasteiger partial charge in [-0.05, 0) is 195 Å². The summed E-state index contributed by atoms with van der Waals surface area (Å²) >= 11 is 0. The van der Waals surface area contributed by atoms with Crippen LogP contribution in [-0.2, 0) is 0 Å². The molecule has 0 aliphatic carbocycles. The third-order valence-electron chi connectivity index (χ3n) is 23.4. The summed E-state index contributed by atoms with van der Waals surface area (Å²) in [6, 6.07) is 110. The van der Waals surface area contributed by atoms with Crippen LogP contribution in [-0.4, -0.2) is 0 Å². The zero-order valence-electron chi connectivity index (χ0n) is 120. The van der Waals surface area contributed by atoms with Gasteiger partial charge in [0.2, 0.25) is 0 Å². The number of fused-ring (bicyclic) bond motifs is 16. The van der Waals surface area contributed by atoms with Crippen molar-refractivity contribution in [2.24, 2.45) is 0 Å². The highest BCUT2D eigenvalue weighted by molar-refractivity contribution is 6.28. The average Bonchev–Trinajstić information content (AvgIpc) is 1.31. The standard InChI is InChI=1S/C42H26O.2C38H24O.C2H6.6CH4.12H2/c1-2-12-28(13-3-1)40-33-15-6-8-17-35(33)41(36-18-9-7-16-34(36)40)31-23-24-39-38(26-31)37-20-10-19-32(42(37)43-39)30-22-21-27-11-4-5-14-29(27)25-30;1-3-13-25(14-4-1)27-21-11-23-33-37-32(22-12-24-34(37)39-38(27)33)36-30-19-9-7-17-28(30)35(26-15-5-2-6-16-26)29-18-8-10-20-31(29)36;1-3-12-25(13-4-1)28-20-11-21-33-34-24-27(22-23-35(34)39-38(28)33)37-31-18-9-7-16-29(31)36(26-14-5-2-6-15-26)30-17-8-10-19-32(30)37;1-2;;;;;;;;;;;;;;;;;;/h1-26H;2*1-24H;1-2H3;6*1H4;12*1H/i6D,7D,8D,9D,24D;1D,3D,4D,7D,9D,13D,14D,17D,19D;22D,23D,24D;;6*1D;12*1+1D. The topological polar surface area (TPSA) is 39.4 Å². The van der Waals surface area contributed by atoms with Gasteiger partial charge in [-0.1, -0.05) is 470 Å². The van der Waals surface area contributed by atoms with Crippen LogP contribution in [0.25, 0.3) is 241 Å². The second-order valence-electron chi connectivity index (χ2n) is 30.1. The van der Waals surface area contributed by atoms with Gasteiger partial charge in [0.1, 0.15) is 33.5 Å². The fraction of sp³-hybridized carbons (Fsp3) is 0.0635. The quantitative estimate of drug-likeness (QED) is 0.135. The van der Waals surface area contributed by atoms with Crippen LogP contribution in [0, 0.1) is 0 Å². The van der Waals surface area contributed by atoms with E-state index in [-0.39, 0.29) is 95.7 Å². The van der Waals surface area contributed by atoms with E-state index in [1.807, 2.05) is 244 Å². The molecule has 25 aromatic rings. The summed E-state index contributed by atoms with van der Waals surface area (Å²) in [6.07, 6.45) is 0. The van der Waals surface area contributed by atoms with Crippen LogP contribution >= 0.6 is 0 Å². The van der Waals surface area contributed by atoms with Crippen molar-refractivity contribution in [1.29, 1.82) is 0 Å². The van der Waals surface area contributed by atoms with Gasteiger partial charge in [0, 0.05) is 92.9 Å². The van der Waals surface area contributed by atoms with Gasteiger partial charge in [0.05, 0.1) is 23.3 Å². The Morgan fingerprint density at radius 1 is 0.202 bits per heavy atom. The summed E-state index contributed by atoms with van der Waals surface area (Å²) in [5, 5.41) is 16.1. The highest BCUT2D eigenvalue weighted by Gasteiger charge is 2.25. The molecular weight excluding hydrogens is 1560 g/mol. The van der Waals surface area contributed by atoms with E-state index in [1.54, 1.807) is 48.5 Å². The van der Waals surface area contributed by atoms with Gasteiger partial charge in [0.15, 0.2) is 0 Å². The molecule has 0 saturated heterocycles. The SMILES string of the molecule is CC.[2H]C.[2H]C.[2H]C.[2H]C.[2H]C.[2H]C.[2H][2H].[2H][2H].[2H][2H].[2H][2H].[2H][2H].[2H][2H].[2H][2H].[2H][2H].[2H][2H].[2H][2H].[2H][2H].[2H][2H].[2H]c1c(-c2c3ccccc3c(-c3ccccc3)c3ccccc23)c([2H])c2c(oc3c(-c4ccccc4)cccc32)c1[2H].[2H]c1c([2H])c([2H])c(-c2cccc3c2oc2cccc(-c4c5ccccc5c(-c5ccccc5)c5c([2H])c([2H])c([2H])c([2H])c45)c23)c([2H])c1[2H].[2H]c1cc2c(-c3ccccc3)c3cc([2H])c([2H])cc3c(-c3cc([2H])c4oc5c(-c6ccc7ccccc7c6)cccc5c4c3)c2cc1[2H]. The molecule has 0 atom stereocenters. The lowest BCUT2D eigenvalue weighted by atomic mass is 9.85. The molecule has 0 saturated carbocycles. The zero-order chi connectivity index (χ0) is 133. The minimum Gasteiger partial charge on any atom is -0.455 e. The first-order valence-corrected chi connectivity index (χ1v) is 41.1. The van der Waals surface area contributed by atoms with Gasteiger partial charge in [-0.25, -0.2) is 0 Å². The van der Waals surface area contributed by atoms with E-state index in [0.29, 0.717) is 82.7 Å². The monoisotopic (exact) mass is 1740 g/mol. The first-order chi connectivity index (χ1) is 86.1. The number of benzene rings is 22. The molecule has 0 spiro atoms. The van der Waals surface area contributed by atoms with Crippen molar-refractivity contribution < 1.29 is 80.4 Å². The molecule has 0 N–H and O–H groups in total. The van der Waals surface area contributed by atoms with Crippen molar-refractivity contribution >= 4 is 141 Å². The molecule has 0 aliphatic rings. The summed E-state index contributed by atoms with van der Waals surface area (Å²) in [5.74, 6) is 0.